The molecule has 0 saturated heterocycles. The maximum Gasteiger partial charge on any atom is 0.158 e. The van der Waals surface area contributed by atoms with Crippen LogP contribution in [-0.2, 0) is 0 Å². The monoisotopic (exact) mass is 432 g/mol. The Hall–Kier alpha value is -0.680. The second-order valence-corrected chi connectivity index (χ2v) is 6.34. The van der Waals surface area contributed by atoms with Crippen molar-refractivity contribution in [1.29, 1.82) is 0 Å². The topological polar surface area (TPSA) is 24.7 Å². The summed E-state index contributed by atoms with van der Waals surface area (Å²) >= 11 is 18.9. The van der Waals surface area contributed by atoms with E-state index in [1.54, 1.807) is 0 Å². The molecule has 0 unspecified atom stereocenters. The molecule has 0 atom stereocenters. The molecule has 102 valence electrons. The van der Waals surface area contributed by atoms with Gasteiger partial charge in [-0.1, -0.05) is 79.3 Å². The molecule has 0 aliphatic rings. The molecule has 6 heteroatoms. The first kappa shape index (κ1) is 15.7. The van der Waals surface area contributed by atoms with Crippen molar-refractivity contribution in [3.63, 3.8) is 0 Å². The number of benzene rings is 2. The van der Waals surface area contributed by atoms with Crippen molar-refractivity contribution < 1.29 is 0 Å². The van der Waals surface area contributed by atoms with Crippen LogP contribution in [0.4, 0.5) is 0 Å². The zero-order valence-electron chi connectivity index (χ0n) is 10.0. The summed E-state index contributed by atoms with van der Waals surface area (Å²) in [5, 5.41) is 8.44. The molecule has 0 radical (unpaired) electrons. The third kappa shape index (κ3) is 4.42. The van der Waals surface area contributed by atoms with Crippen LogP contribution in [0, 0.1) is 0 Å². The Morgan fingerprint density at radius 1 is 0.650 bits per heavy atom. The summed E-state index contributed by atoms with van der Waals surface area (Å²) in [6, 6.07) is 14.9. The molecule has 0 bridgehead atoms. The van der Waals surface area contributed by atoms with Gasteiger partial charge in [-0.05, 0) is 24.3 Å². The van der Waals surface area contributed by atoms with Crippen LogP contribution < -0.4 is 0 Å². The summed E-state index contributed by atoms with van der Waals surface area (Å²) in [5.74, 6) is 0. The molecular weight excluding hydrogens is 427 g/mol. The van der Waals surface area contributed by atoms with Crippen molar-refractivity contribution in [2.24, 2.45) is 10.2 Å². The summed E-state index contributed by atoms with van der Waals surface area (Å²) in [7, 11) is 0. The molecule has 20 heavy (non-hydrogen) atoms. The maximum absolute atomic E-state index is 6.08. The Morgan fingerprint density at radius 3 is 1.25 bits per heavy atom. The molecule has 0 fully saturated rings. The third-order valence-corrected chi connectivity index (χ3v) is 4.04. The minimum Gasteiger partial charge on any atom is -0.136 e. The van der Waals surface area contributed by atoms with Crippen LogP contribution in [0.2, 0.25) is 0 Å². The van der Waals surface area contributed by atoms with Crippen LogP contribution in [0.15, 0.2) is 67.7 Å². The van der Waals surface area contributed by atoms with Gasteiger partial charge in [0.1, 0.15) is 0 Å². The first-order valence-electron chi connectivity index (χ1n) is 5.55. The molecule has 0 N–H and O–H groups in total. The molecule has 0 aliphatic heterocycles. The van der Waals surface area contributed by atoms with Crippen molar-refractivity contribution in [2.45, 2.75) is 0 Å². The fourth-order valence-corrected chi connectivity index (χ4v) is 2.23. The zero-order valence-corrected chi connectivity index (χ0v) is 14.7. The largest absolute Gasteiger partial charge is 0.158 e. The molecule has 2 rings (SSSR count). The van der Waals surface area contributed by atoms with Crippen LogP contribution in [0.1, 0.15) is 11.1 Å². The minimum atomic E-state index is 0.285. The van der Waals surface area contributed by atoms with Gasteiger partial charge in [0.05, 0.1) is 0 Å². The molecule has 2 aromatic rings. The highest BCUT2D eigenvalue weighted by molar-refractivity contribution is 9.10. The average molecular weight is 435 g/mol. The SMILES string of the molecule is ClC(=NN=C(Cl)c1ccc(Br)cc1)c1ccc(Br)cc1. The molecule has 0 spiro atoms. The lowest BCUT2D eigenvalue weighted by atomic mass is 10.2. The molecule has 0 amide bonds. The van der Waals surface area contributed by atoms with E-state index in [1.807, 2.05) is 48.5 Å². The highest BCUT2D eigenvalue weighted by Crippen LogP contribution is 2.15. The van der Waals surface area contributed by atoms with E-state index in [2.05, 4.69) is 42.1 Å². The predicted molar refractivity (Wildman–Crippen MR) is 93.1 cm³/mol. The van der Waals surface area contributed by atoms with E-state index in [4.69, 9.17) is 23.2 Å². The fourth-order valence-electron chi connectivity index (χ4n) is 1.38. The van der Waals surface area contributed by atoms with Gasteiger partial charge >= 0.3 is 0 Å². The van der Waals surface area contributed by atoms with Crippen LogP contribution in [0.25, 0.3) is 0 Å². The number of rotatable bonds is 3. The summed E-state index contributed by atoms with van der Waals surface area (Å²) < 4.78 is 1.95. The highest BCUT2D eigenvalue weighted by Gasteiger charge is 2.02. The van der Waals surface area contributed by atoms with Crippen LogP contribution >= 0.6 is 55.1 Å². The zero-order chi connectivity index (χ0) is 14.5. The van der Waals surface area contributed by atoms with Gasteiger partial charge in [0.2, 0.25) is 0 Å². The number of nitrogens with zero attached hydrogens (tertiary/aromatic N) is 2. The van der Waals surface area contributed by atoms with E-state index in [9.17, 15) is 0 Å². The van der Waals surface area contributed by atoms with E-state index in [0.717, 1.165) is 20.1 Å². The van der Waals surface area contributed by atoms with Crippen molar-refractivity contribution in [1.82, 2.24) is 0 Å². The van der Waals surface area contributed by atoms with Gasteiger partial charge in [-0.25, -0.2) is 0 Å². The molecule has 0 aromatic heterocycles. The van der Waals surface area contributed by atoms with Crippen molar-refractivity contribution in [3.05, 3.63) is 68.6 Å². The second kappa shape index (κ2) is 7.36. The summed E-state index contributed by atoms with van der Waals surface area (Å²) in [4.78, 5) is 0. The van der Waals surface area contributed by atoms with Gasteiger partial charge in [-0.2, -0.15) is 0 Å². The van der Waals surface area contributed by atoms with E-state index in [1.165, 1.54) is 0 Å². The maximum atomic E-state index is 6.08. The normalized spacial score (nSPS) is 12.6. The van der Waals surface area contributed by atoms with E-state index in [-0.39, 0.29) is 10.3 Å². The Labute approximate surface area is 143 Å². The van der Waals surface area contributed by atoms with Gasteiger partial charge in [0, 0.05) is 20.1 Å². The van der Waals surface area contributed by atoms with Gasteiger partial charge < -0.3 is 0 Å². The fraction of sp³-hybridized carbons (Fsp3) is 0. The molecule has 2 aromatic carbocycles. The quantitative estimate of drug-likeness (QED) is 0.431. The van der Waals surface area contributed by atoms with Crippen molar-refractivity contribution >= 4 is 65.4 Å². The van der Waals surface area contributed by atoms with Crippen LogP contribution in [0.3, 0.4) is 0 Å². The molecule has 0 saturated carbocycles. The Kier molecular flexibility index (Phi) is 5.78. The lowest BCUT2D eigenvalue weighted by Crippen LogP contribution is -1.93. The minimum absolute atomic E-state index is 0.285. The lowest BCUT2D eigenvalue weighted by Gasteiger charge is -1.98. The van der Waals surface area contributed by atoms with Gasteiger partial charge in [-0.3, -0.25) is 0 Å². The Balaban J connectivity index is 2.19. The first-order chi connectivity index (χ1) is 9.56. The third-order valence-electron chi connectivity index (χ3n) is 2.39. The Bertz CT molecular complexity index is 590. The lowest BCUT2D eigenvalue weighted by molar-refractivity contribution is 1.25. The summed E-state index contributed by atoms with van der Waals surface area (Å²) in [6.45, 7) is 0. The van der Waals surface area contributed by atoms with Gasteiger partial charge in [0.25, 0.3) is 0 Å². The van der Waals surface area contributed by atoms with Crippen LogP contribution in [-0.4, -0.2) is 10.3 Å². The highest BCUT2D eigenvalue weighted by atomic mass is 79.9. The number of hydrogen-bond acceptors (Lipinski definition) is 2. The standard InChI is InChI=1S/C14H8Br2Cl2N2/c15-11-5-1-9(2-6-11)13(17)19-20-14(18)10-3-7-12(16)8-4-10/h1-8H. The van der Waals surface area contributed by atoms with E-state index >= 15 is 0 Å². The molecule has 0 heterocycles. The molecular formula is C14H8Br2Cl2N2. The van der Waals surface area contributed by atoms with Gasteiger partial charge in [-0.15, -0.1) is 10.2 Å². The second-order valence-electron chi connectivity index (χ2n) is 3.80. The Morgan fingerprint density at radius 2 is 0.950 bits per heavy atom. The molecule has 0 aliphatic carbocycles. The van der Waals surface area contributed by atoms with Crippen molar-refractivity contribution in [3.8, 4) is 0 Å². The van der Waals surface area contributed by atoms with E-state index in [0.29, 0.717) is 0 Å². The number of hydrogen-bond donors (Lipinski definition) is 0. The molecule has 2 nitrogen and oxygen atoms in total. The summed E-state index contributed by atoms with van der Waals surface area (Å²) in [6.07, 6.45) is 0. The summed E-state index contributed by atoms with van der Waals surface area (Å²) in [5.41, 5.74) is 1.55. The predicted octanol–water partition coefficient (Wildman–Crippen LogP) is 5.80. The van der Waals surface area contributed by atoms with E-state index < -0.39 is 0 Å². The average Bonchev–Trinajstić information content (AvgIpc) is 2.46. The number of halogens is 4. The van der Waals surface area contributed by atoms with Crippen molar-refractivity contribution in [2.75, 3.05) is 0 Å². The van der Waals surface area contributed by atoms with Crippen LogP contribution in [0.5, 0.6) is 0 Å². The smallest absolute Gasteiger partial charge is 0.136 e. The first-order valence-corrected chi connectivity index (χ1v) is 7.89. The van der Waals surface area contributed by atoms with Gasteiger partial charge in [0.15, 0.2) is 10.3 Å².